The molecule has 16 heavy (non-hydrogen) atoms. The molecule has 0 aliphatic carbocycles. The minimum atomic E-state index is -0.0326. The molecule has 0 unspecified atom stereocenters. The van der Waals surface area contributed by atoms with E-state index in [1.54, 1.807) is 12.0 Å². The van der Waals surface area contributed by atoms with E-state index in [0.717, 1.165) is 11.4 Å². The lowest BCUT2D eigenvalue weighted by atomic mass is 10.3. The number of nitrogens with zero attached hydrogens (tertiary/aromatic N) is 2. The van der Waals surface area contributed by atoms with Crippen LogP contribution >= 0.6 is 0 Å². The van der Waals surface area contributed by atoms with Gasteiger partial charge in [0.25, 0.3) is 0 Å². The summed E-state index contributed by atoms with van der Waals surface area (Å²) in [6.45, 7) is 0.356. The third-order valence-electron chi connectivity index (χ3n) is 2.30. The van der Waals surface area contributed by atoms with Gasteiger partial charge in [-0.1, -0.05) is 0 Å². The Hall–Kier alpha value is -2.04. The maximum atomic E-state index is 11.1. The summed E-state index contributed by atoms with van der Waals surface area (Å²) in [5.41, 5.74) is 0.782. The molecule has 5 nitrogen and oxygen atoms in total. The van der Waals surface area contributed by atoms with Gasteiger partial charge in [0, 0.05) is 7.05 Å². The first-order valence-corrected chi connectivity index (χ1v) is 4.93. The highest BCUT2D eigenvalue weighted by Gasteiger charge is 2.20. The van der Waals surface area contributed by atoms with Crippen LogP contribution in [-0.2, 0) is 4.79 Å². The van der Waals surface area contributed by atoms with Crippen LogP contribution in [0.15, 0.2) is 29.3 Å². The standard InChI is InChI=1S/C11H13N3O2/c1-14-7-10(15)13-11(14)12-8-3-5-9(16-2)6-4-8/h3-6H,7H2,1-2H3,(H,12,13,15). The first-order valence-electron chi connectivity index (χ1n) is 4.93. The van der Waals surface area contributed by atoms with Gasteiger partial charge in [-0.25, -0.2) is 4.99 Å². The van der Waals surface area contributed by atoms with Crippen LogP contribution in [0.3, 0.4) is 0 Å². The van der Waals surface area contributed by atoms with E-state index in [0.29, 0.717) is 12.5 Å². The zero-order chi connectivity index (χ0) is 11.5. The summed E-state index contributed by atoms with van der Waals surface area (Å²) in [5, 5.41) is 2.69. The number of carbonyl (C=O) groups is 1. The highest BCUT2D eigenvalue weighted by Crippen LogP contribution is 2.18. The number of aliphatic imine (C=N–C) groups is 1. The second-order valence-electron chi connectivity index (χ2n) is 3.54. The van der Waals surface area contributed by atoms with E-state index in [1.807, 2.05) is 31.3 Å². The third-order valence-corrected chi connectivity index (χ3v) is 2.30. The van der Waals surface area contributed by atoms with E-state index in [9.17, 15) is 4.79 Å². The minimum Gasteiger partial charge on any atom is -0.497 e. The number of likely N-dealkylation sites (N-methyl/N-ethyl adjacent to an activating group) is 1. The van der Waals surface area contributed by atoms with Crippen molar-refractivity contribution in [3.05, 3.63) is 24.3 Å². The van der Waals surface area contributed by atoms with Crippen LogP contribution in [0.1, 0.15) is 0 Å². The first kappa shape index (κ1) is 10.5. The first-order chi connectivity index (χ1) is 7.69. The normalized spacial score (nSPS) is 17.8. The summed E-state index contributed by atoms with van der Waals surface area (Å²) in [5.74, 6) is 1.33. The molecule has 1 N–H and O–H groups in total. The summed E-state index contributed by atoms with van der Waals surface area (Å²) < 4.78 is 5.05. The topological polar surface area (TPSA) is 53.9 Å². The quantitative estimate of drug-likeness (QED) is 0.798. The van der Waals surface area contributed by atoms with Crippen molar-refractivity contribution in [3.63, 3.8) is 0 Å². The Labute approximate surface area is 93.7 Å². The fourth-order valence-corrected chi connectivity index (χ4v) is 1.44. The molecule has 0 aromatic heterocycles. The lowest BCUT2D eigenvalue weighted by Crippen LogP contribution is -2.26. The molecule has 84 valence electrons. The molecule has 2 rings (SSSR count). The number of methoxy groups -OCH3 is 1. The summed E-state index contributed by atoms with van der Waals surface area (Å²) in [6, 6.07) is 7.33. The van der Waals surface area contributed by atoms with E-state index in [1.165, 1.54) is 0 Å². The molecule has 1 amide bonds. The summed E-state index contributed by atoms with van der Waals surface area (Å²) in [7, 11) is 3.44. The Balaban J connectivity index is 2.19. The second kappa shape index (κ2) is 4.22. The number of guanidine groups is 1. The number of ether oxygens (including phenoxy) is 1. The van der Waals surface area contributed by atoms with Gasteiger partial charge in [-0.3, -0.25) is 10.1 Å². The van der Waals surface area contributed by atoms with Gasteiger partial charge in [0.05, 0.1) is 19.3 Å². The van der Waals surface area contributed by atoms with Crippen LogP contribution in [0.2, 0.25) is 0 Å². The molecular weight excluding hydrogens is 206 g/mol. The van der Waals surface area contributed by atoms with Crippen LogP contribution < -0.4 is 10.1 Å². The summed E-state index contributed by atoms with van der Waals surface area (Å²) in [4.78, 5) is 17.2. The van der Waals surface area contributed by atoms with E-state index in [2.05, 4.69) is 10.3 Å². The second-order valence-corrected chi connectivity index (χ2v) is 3.54. The molecule has 1 saturated heterocycles. The molecule has 1 aliphatic rings. The van der Waals surface area contributed by atoms with Gasteiger partial charge in [-0.15, -0.1) is 0 Å². The number of nitrogens with one attached hydrogen (secondary N) is 1. The van der Waals surface area contributed by atoms with Gasteiger partial charge in [-0.05, 0) is 24.3 Å². The Kier molecular flexibility index (Phi) is 2.76. The van der Waals surface area contributed by atoms with Crippen LogP contribution in [0.25, 0.3) is 0 Å². The fraction of sp³-hybridized carbons (Fsp3) is 0.273. The Morgan fingerprint density at radius 3 is 2.56 bits per heavy atom. The van der Waals surface area contributed by atoms with Crippen LogP contribution in [0, 0.1) is 0 Å². The van der Waals surface area contributed by atoms with Gasteiger partial charge in [0.2, 0.25) is 11.9 Å². The van der Waals surface area contributed by atoms with E-state index >= 15 is 0 Å². The number of carbonyl (C=O) groups excluding carboxylic acids is 1. The van der Waals surface area contributed by atoms with Gasteiger partial charge in [-0.2, -0.15) is 0 Å². The van der Waals surface area contributed by atoms with Crippen molar-refractivity contribution in [2.24, 2.45) is 4.99 Å². The average Bonchev–Trinajstić information content (AvgIpc) is 2.59. The van der Waals surface area contributed by atoms with Crippen molar-refractivity contribution < 1.29 is 9.53 Å². The maximum absolute atomic E-state index is 11.1. The smallest absolute Gasteiger partial charge is 0.246 e. The van der Waals surface area contributed by atoms with Crippen molar-refractivity contribution in [1.29, 1.82) is 0 Å². The number of hydrogen-bond acceptors (Lipinski definition) is 3. The molecule has 0 spiro atoms. The molecule has 1 fully saturated rings. The number of rotatable bonds is 2. The maximum Gasteiger partial charge on any atom is 0.246 e. The van der Waals surface area contributed by atoms with Gasteiger partial charge >= 0.3 is 0 Å². The van der Waals surface area contributed by atoms with Crippen LogP contribution in [0.4, 0.5) is 5.69 Å². The minimum absolute atomic E-state index is 0.0326. The van der Waals surface area contributed by atoms with Gasteiger partial charge in [0.1, 0.15) is 5.75 Å². The molecule has 0 saturated carbocycles. The zero-order valence-corrected chi connectivity index (χ0v) is 9.23. The van der Waals surface area contributed by atoms with Crippen molar-refractivity contribution in [1.82, 2.24) is 10.2 Å². The molecule has 1 aromatic rings. The molecule has 0 atom stereocenters. The van der Waals surface area contributed by atoms with E-state index in [-0.39, 0.29) is 5.91 Å². The molecule has 0 bridgehead atoms. The van der Waals surface area contributed by atoms with Crippen LogP contribution in [-0.4, -0.2) is 37.5 Å². The molecule has 1 aliphatic heterocycles. The molecular formula is C11H13N3O2. The zero-order valence-electron chi connectivity index (χ0n) is 9.23. The summed E-state index contributed by atoms with van der Waals surface area (Å²) >= 11 is 0. The highest BCUT2D eigenvalue weighted by atomic mass is 16.5. The SMILES string of the molecule is COc1ccc(N=C2NC(=O)CN2C)cc1. The summed E-state index contributed by atoms with van der Waals surface area (Å²) in [6.07, 6.45) is 0. The van der Waals surface area contributed by atoms with Gasteiger partial charge < -0.3 is 9.64 Å². The number of hydrogen-bond donors (Lipinski definition) is 1. The molecule has 5 heteroatoms. The lowest BCUT2D eigenvalue weighted by molar-refractivity contribution is -0.118. The van der Waals surface area contributed by atoms with Crippen molar-refractivity contribution >= 4 is 17.6 Å². The number of benzene rings is 1. The third kappa shape index (κ3) is 2.13. The fourth-order valence-electron chi connectivity index (χ4n) is 1.44. The Morgan fingerprint density at radius 2 is 2.06 bits per heavy atom. The van der Waals surface area contributed by atoms with E-state index in [4.69, 9.17) is 4.74 Å². The highest BCUT2D eigenvalue weighted by molar-refractivity contribution is 6.04. The predicted molar refractivity (Wildman–Crippen MR) is 60.9 cm³/mol. The average molecular weight is 219 g/mol. The van der Waals surface area contributed by atoms with Crippen molar-refractivity contribution in [2.45, 2.75) is 0 Å². The van der Waals surface area contributed by atoms with Crippen molar-refractivity contribution in [2.75, 3.05) is 20.7 Å². The van der Waals surface area contributed by atoms with E-state index < -0.39 is 0 Å². The number of amides is 1. The Bertz CT molecular complexity index is 425. The Morgan fingerprint density at radius 1 is 1.38 bits per heavy atom. The monoisotopic (exact) mass is 219 g/mol. The lowest BCUT2D eigenvalue weighted by Gasteiger charge is -2.08. The molecule has 0 radical (unpaired) electrons. The van der Waals surface area contributed by atoms with Crippen LogP contribution in [0.5, 0.6) is 5.75 Å². The van der Waals surface area contributed by atoms with Crippen molar-refractivity contribution in [3.8, 4) is 5.75 Å². The largest absolute Gasteiger partial charge is 0.497 e. The van der Waals surface area contributed by atoms with Gasteiger partial charge in [0.15, 0.2) is 0 Å². The molecule has 1 aromatic carbocycles. The molecule has 1 heterocycles. The predicted octanol–water partition coefficient (Wildman–Crippen LogP) is 0.744.